The van der Waals surface area contributed by atoms with Gasteiger partial charge in [0.25, 0.3) is 7.82 Å². The van der Waals surface area contributed by atoms with Gasteiger partial charge in [0.05, 0.1) is 27.7 Å². The zero-order valence-electron chi connectivity index (χ0n) is 32.4. The lowest BCUT2D eigenvalue weighted by atomic mass is 10.0. The Labute approximate surface area is 309 Å². The zero-order chi connectivity index (χ0) is 37.5. The summed E-state index contributed by atoms with van der Waals surface area (Å²) < 4.78 is 39.5. The molecular formula is C39H71N2O9P. The number of rotatable bonds is 34. The fourth-order valence-electron chi connectivity index (χ4n) is 5.30. The van der Waals surface area contributed by atoms with Gasteiger partial charge in [-0.15, -0.1) is 0 Å². The van der Waals surface area contributed by atoms with Gasteiger partial charge in [-0.05, 0) is 31.2 Å². The smallest absolute Gasteiger partial charge is 0.407 e. The van der Waals surface area contributed by atoms with Crippen LogP contribution < -0.4 is 10.2 Å². The molecule has 0 radical (unpaired) electrons. The summed E-state index contributed by atoms with van der Waals surface area (Å²) in [5.74, 6) is -0.326. The second-order valence-corrected chi connectivity index (χ2v) is 15.9. The number of benzene rings is 1. The molecule has 0 heterocycles. The van der Waals surface area contributed by atoms with Crippen molar-refractivity contribution in [3.63, 3.8) is 0 Å². The van der Waals surface area contributed by atoms with Crippen LogP contribution in [0.5, 0.6) is 0 Å². The number of hydrogen-bond acceptors (Lipinski definition) is 9. The van der Waals surface area contributed by atoms with E-state index in [0.717, 1.165) is 37.7 Å². The maximum absolute atomic E-state index is 12.4. The highest BCUT2D eigenvalue weighted by molar-refractivity contribution is 7.45. The highest BCUT2D eigenvalue weighted by Crippen LogP contribution is 2.38. The third kappa shape index (κ3) is 31.3. The van der Waals surface area contributed by atoms with Gasteiger partial charge in [0.15, 0.2) is 0 Å². The lowest BCUT2D eigenvalue weighted by Crippen LogP contribution is -2.37. The number of esters is 1. The number of carbonyl (C=O) groups is 2. The molecule has 1 aromatic rings. The number of likely N-dealkylation sites (N-methyl/N-ethyl adjacent to an activating group) is 1. The number of unbranched alkanes of at least 4 members (excludes halogenated alkanes) is 16. The number of nitrogens with one attached hydrogen (secondary N) is 1. The minimum absolute atomic E-state index is 0.00211. The van der Waals surface area contributed by atoms with Crippen molar-refractivity contribution in [3.8, 4) is 0 Å². The number of quaternary nitrogens is 1. The molecule has 296 valence electrons. The molecule has 2 atom stereocenters. The standard InChI is InChI=1S/C39H71N2O9P/c1-5-6-7-8-9-10-11-12-13-14-15-16-17-18-23-28-38(42)47-34-37(35-50-51(44,45)49-32-30-41(2,3)4)46-31-25-20-24-29-40-39(43)48-33-36-26-21-19-22-27-36/h19,21-22,26-27,37H,5-18,20,23-25,28-35H2,1-4H3,(H-,40,43,44,45)/t37-/m1/s1. The molecule has 0 fully saturated rings. The minimum Gasteiger partial charge on any atom is -0.756 e. The monoisotopic (exact) mass is 742 g/mol. The molecule has 0 saturated carbocycles. The van der Waals surface area contributed by atoms with E-state index in [9.17, 15) is 19.0 Å². The highest BCUT2D eigenvalue weighted by Gasteiger charge is 2.19. The molecule has 0 spiro atoms. The first kappa shape index (κ1) is 47.0. The maximum Gasteiger partial charge on any atom is 0.407 e. The van der Waals surface area contributed by atoms with Crippen LogP contribution >= 0.6 is 7.82 Å². The molecule has 0 aliphatic rings. The first-order valence-corrected chi connectivity index (χ1v) is 21.1. The summed E-state index contributed by atoms with van der Waals surface area (Å²) in [5.41, 5.74) is 0.920. The largest absolute Gasteiger partial charge is 0.756 e. The van der Waals surface area contributed by atoms with Crippen molar-refractivity contribution in [2.45, 2.75) is 142 Å². The van der Waals surface area contributed by atoms with Crippen LogP contribution in [0.3, 0.4) is 0 Å². The van der Waals surface area contributed by atoms with E-state index < -0.39 is 20.0 Å². The zero-order valence-corrected chi connectivity index (χ0v) is 33.3. The van der Waals surface area contributed by atoms with E-state index in [1.165, 1.54) is 77.0 Å². The van der Waals surface area contributed by atoms with Crippen LogP contribution in [0.15, 0.2) is 30.3 Å². The Balaban J connectivity index is 2.26. The lowest BCUT2D eigenvalue weighted by Gasteiger charge is -2.28. The number of phosphoric acid groups is 1. The predicted octanol–water partition coefficient (Wildman–Crippen LogP) is 8.48. The van der Waals surface area contributed by atoms with Crippen molar-refractivity contribution in [2.24, 2.45) is 0 Å². The Bertz CT molecular complexity index is 1040. The molecular weight excluding hydrogens is 671 g/mol. The van der Waals surface area contributed by atoms with E-state index in [2.05, 4.69) is 12.2 Å². The van der Waals surface area contributed by atoms with Crippen LogP contribution in [0.1, 0.15) is 134 Å². The van der Waals surface area contributed by atoms with Crippen molar-refractivity contribution in [1.82, 2.24) is 5.32 Å². The molecule has 0 aliphatic heterocycles. The van der Waals surface area contributed by atoms with Crippen molar-refractivity contribution in [1.29, 1.82) is 0 Å². The fourth-order valence-corrected chi connectivity index (χ4v) is 6.03. The predicted molar refractivity (Wildman–Crippen MR) is 201 cm³/mol. The molecule has 0 aliphatic carbocycles. The summed E-state index contributed by atoms with van der Waals surface area (Å²) in [6.07, 6.45) is 20.1. The van der Waals surface area contributed by atoms with Crippen LogP contribution in [0.4, 0.5) is 4.79 Å². The van der Waals surface area contributed by atoms with Crippen LogP contribution in [-0.4, -0.2) is 83.3 Å². The topological polar surface area (TPSA) is 132 Å². The van der Waals surface area contributed by atoms with E-state index in [4.69, 9.17) is 23.3 Å². The third-order valence-corrected chi connectivity index (χ3v) is 9.47. The number of amides is 1. The van der Waals surface area contributed by atoms with Gasteiger partial charge in [0.2, 0.25) is 0 Å². The Morgan fingerprint density at radius 1 is 0.725 bits per heavy atom. The van der Waals surface area contributed by atoms with Crippen LogP contribution in [-0.2, 0) is 39.2 Å². The van der Waals surface area contributed by atoms with Crippen molar-refractivity contribution in [2.75, 3.05) is 60.7 Å². The van der Waals surface area contributed by atoms with Gasteiger partial charge in [-0.1, -0.05) is 127 Å². The van der Waals surface area contributed by atoms with E-state index >= 15 is 0 Å². The summed E-state index contributed by atoms with van der Waals surface area (Å²) in [6.45, 7) is 3.32. The number of carbonyl (C=O) groups excluding carboxylic acids is 2. The molecule has 1 unspecified atom stereocenters. The first-order valence-electron chi connectivity index (χ1n) is 19.6. The molecule has 0 bridgehead atoms. The normalized spacial score (nSPS) is 13.4. The van der Waals surface area contributed by atoms with Crippen LogP contribution in [0.25, 0.3) is 0 Å². The maximum atomic E-state index is 12.4. The van der Waals surface area contributed by atoms with E-state index in [1.54, 1.807) is 0 Å². The Hall–Kier alpha value is -2.01. The second-order valence-electron chi connectivity index (χ2n) is 14.5. The fraction of sp³-hybridized carbons (Fsp3) is 0.795. The van der Waals surface area contributed by atoms with Gasteiger partial charge in [-0.2, -0.15) is 0 Å². The van der Waals surface area contributed by atoms with Crippen molar-refractivity contribution < 1.29 is 46.8 Å². The SMILES string of the molecule is CCCCCCCCCCCCCCCCCC(=O)OC[C@H](COP(=O)([O-])OCC[N+](C)(C)C)OCCCCCNC(=O)OCc1ccccc1. The Morgan fingerprint density at radius 2 is 1.29 bits per heavy atom. The lowest BCUT2D eigenvalue weighted by molar-refractivity contribution is -0.870. The highest BCUT2D eigenvalue weighted by atomic mass is 31.2. The molecule has 0 aromatic heterocycles. The summed E-state index contributed by atoms with van der Waals surface area (Å²) in [5, 5.41) is 2.74. The Kier molecular flexibility index (Phi) is 28.1. The van der Waals surface area contributed by atoms with Crippen LogP contribution in [0.2, 0.25) is 0 Å². The average Bonchev–Trinajstić information content (AvgIpc) is 3.09. The van der Waals surface area contributed by atoms with Gasteiger partial charge < -0.3 is 38.0 Å². The van der Waals surface area contributed by atoms with E-state index in [0.29, 0.717) is 37.0 Å². The first-order chi connectivity index (χ1) is 24.5. The number of hydrogen-bond donors (Lipinski definition) is 1. The molecule has 1 rings (SSSR count). The minimum atomic E-state index is -4.55. The molecule has 1 N–H and O–H groups in total. The molecule has 12 heteroatoms. The molecule has 1 aromatic carbocycles. The summed E-state index contributed by atoms with van der Waals surface area (Å²) in [7, 11) is 1.26. The number of alkyl carbamates (subject to hydrolysis) is 1. The van der Waals surface area contributed by atoms with Gasteiger partial charge in [0.1, 0.15) is 32.5 Å². The third-order valence-electron chi connectivity index (χ3n) is 8.50. The molecule has 11 nitrogen and oxygen atoms in total. The van der Waals surface area contributed by atoms with E-state index in [1.807, 2.05) is 51.5 Å². The van der Waals surface area contributed by atoms with Gasteiger partial charge in [0, 0.05) is 19.6 Å². The van der Waals surface area contributed by atoms with Crippen molar-refractivity contribution in [3.05, 3.63) is 35.9 Å². The molecule has 0 saturated heterocycles. The molecule has 1 amide bonds. The number of ether oxygens (including phenoxy) is 3. The van der Waals surface area contributed by atoms with Crippen LogP contribution in [0, 0.1) is 0 Å². The summed E-state index contributed by atoms with van der Waals surface area (Å²) in [4.78, 5) is 36.7. The summed E-state index contributed by atoms with van der Waals surface area (Å²) in [6, 6.07) is 9.47. The van der Waals surface area contributed by atoms with Crippen molar-refractivity contribution >= 4 is 19.9 Å². The second kappa shape index (κ2) is 30.5. The number of phosphoric ester groups is 1. The quantitative estimate of drug-likeness (QED) is 0.0320. The Morgan fingerprint density at radius 3 is 1.88 bits per heavy atom. The van der Waals surface area contributed by atoms with E-state index in [-0.39, 0.29) is 32.4 Å². The number of nitrogens with zero attached hydrogens (tertiary/aromatic N) is 1. The molecule has 51 heavy (non-hydrogen) atoms. The summed E-state index contributed by atoms with van der Waals surface area (Å²) >= 11 is 0. The van der Waals surface area contributed by atoms with Gasteiger partial charge >= 0.3 is 12.1 Å². The van der Waals surface area contributed by atoms with Gasteiger partial charge in [-0.25, -0.2) is 4.79 Å². The van der Waals surface area contributed by atoms with Gasteiger partial charge in [-0.3, -0.25) is 9.36 Å². The average molecular weight is 743 g/mol.